The Morgan fingerprint density at radius 1 is 1.30 bits per heavy atom. The lowest BCUT2D eigenvalue weighted by Gasteiger charge is -2.01. The minimum absolute atomic E-state index is 0.0703. The molecule has 0 heterocycles. The van der Waals surface area contributed by atoms with Gasteiger partial charge in [0.05, 0.1) is 10.6 Å². The highest BCUT2D eigenvalue weighted by Gasteiger charge is 2.08. The SMILES string of the molecule is Cc1ccc(Cl)cc1N=Cc1cc([N+](=O)[O-])ccc1O. The van der Waals surface area contributed by atoms with E-state index in [1.54, 1.807) is 12.1 Å². The molecule has 20 heavy (non-hydrogen) atoms. The zero-order valence-electron chi connectivity index (χ0n) is 10.6. The summed E-state index contributed by atoms with van der Waals surface area (Å²) in [4.78, 5) is 14.4. The number of aliphatic imine (C=N–C) groups is 1. The summed E-state index contributed by atoms with van der Waals surface area (Å²) in [7, 11) is 0. The third kappa shape index (κ3) is 3.13. The average Bonchev–Trinajstić information content (AvgIpc) is 2.41. The molecule has 0 aromatic heterocycles. The molecule has 2 aromatic rings. The van der Waals surface area contributed by atoms with Gasteiger partial charge in [-0.15, -0.1) is 0 Å². The van der Waals surface area contributed by atoms with Crippen LogP contribution in [0.15, 0.2) is 41.4 Å². The van der Waals surface area contributed by atoms with Crippen LogP contribution in [-0.2, 0) is 0 Å². The Kier molecular flexibility index (Phi) is 4.00. The van der Waals surface area contributed by atoms with Gasteiger partial charge in [0.1, 0.15) is 5.75 Å². The number of nitro benzene ring substituents is 1. The molecule has 0 bridgehead atoms. The number of rotatable bonds is 3. The topological polar surface area (TPSA) is 75.7 Å². The Balaban J connectivity index is 2.38. The number of phenolic OH excluding ortho intramolecular Hbond substituents is 1. The second kappa shape index (κ2) is 5.71. The largest absolute Gasteiger partial charge is 0.507 e. The van der Waals surface area contributed by atoms with Crippen LogP contribution in [0.4, 0.5) is 11.4 Å². The minimum Gasteiger partial charge on any atom is -0.507 e. The van der Waals surface area contributed by atoms with Gasteiger partial charge in [0.25, 0.3) is 5.69 Å². The first-order valence-corrected chi connectivity index (χ1v) is 6.13. The Hall–Kier alpha value is -2.40. The molecule has 6 heteroatoms. The molecule has 0 saturated heterocycles. The van der Waals surface area contributed by atoms with E-state index in [9.17, 15) is 15.2 Å². The molecule has 0 aliphatic carbocycles. The highest BCUT2D eigenvalue weighted by Crippen LogP contribution is 2.25. The number of halogens is 1. The molecule has 0 unspecified atom stereocenters. The Morgan fingerprint density at radius 3 is 2.75 bits per heavy atom. The van der Waals surface area contributed by atoms with Crippen molar-refractivity contribution in [1.29, 1.82) is 0 Å². The molecule has 2 aromatic carbocycles. The Labute approximate surface area is 120 Å². The molecule has 0 atom stereocenters. The van der Waals surface area contributed by atoms with Crippen molar-refractivity contribution in [3.8, 4) is 5.75 Å². The van der Waals surface area contributed by atoms with Gasteiger partial charge in [0.2, 0.25) is 0 Å². The van der Waals surface area contributed by atoms with E-state index in [1.807, 2.05) is 13.0 Å². The molecule has 1 N–H and O–H groups in total. The molecule has 102 valence electrons. The minimum atomic E-state index is -0.526. The lowest BCUT2D eigenvalue weighted by Crippen LogP contribution is -1.90. The lowest BCUT2D eigenvalue weighted by molar-refractivity contribution is -0.384. The van der Waals surface area contributed by atoms with Crippen LogP contribution in [0, 0.1) is 17.0 Å². The molecule has 0 saturated carbocycles. The van der Waals surface area contributed by atoms with E-state index in [2.05, 4.69) is 4.99 Å². The van der Waals surface area contributed by atoms with Crippen molar-refractivity contribution in [1.82, 2.24) is 0 Å². The molecule has 5 nitrogen and oxygen atoms in total. The van der Waals surface area contributed by atoms with Crippen LogP contribution in [0.5, 0.6) is 5.75 Å². The highest BCUT2D eigenvalue weighted by molar-refractivity contribution is 6.30. The van der Waals surface area contributed by atoms with E-state index in [0.29, 0.717) is 10.7 Å². The van der Waals surface area contributed by atoms with Gasteiger partial charge in [-0.1, -0.05) is 17.7 Å². The standard InChI is InChI=1S/C14H11ClN2O3/c1-9-2-3-11(15)7-13(9)16-8-10-6-12(17(19)20)4-5-14(10)18/h2-8,18H,1H3. The third-order valence-corrected chi connectivity index (χ3v) is 2.97. The normalized spacial score (nSPS) is 10.9. The lowest BCUT2D eigenvalue weighted by atomic mass is 10.2. The third-order valence-electron chi connectivity index (χ3n) is 2.74. The van der Waals surface area contributed by atoms with Gasteiger partial charge in [-0.3, -0.25) is 15.1 Å². The first-order chi connectivity index (χ1) is 9.47. The maximum Gasteiger partial charge on any atom is 0.270 e. The number of phenols is 1. The van der Waals surface area contributed by atoms with Crippen LogP contribution in [0.25, 0.3) is 0 Å². The second-order valence-corrected chi connectivity index (χ2v) is 4.63. The van der Waals surface area contributed by atoms with Crippen molar-refractivity contribution >= 4 is 29.2 Å². The van der Waals surface area contributed by atoms with Crippen LogP contribution >= 0.6 is 11.6 Å². The van der Waals surface area contributed by atoms with Crippen molar-refractivity contribution in [3.63, 3.8) is 0 Å². The molecule has 0 aliphatic heterocycles. The summed E-state index contributed by atoms with van der Waals surface area (Å²) in [6, 6.07) is 9.02. The number of hydrogen-bond donors (Lipinski definition) is 1. The van der Waals surface area contributed by atoms with Gasteiger partial charge < -0.3 is 5.11 Å². The number of aromatic hydroxyl groups is 1. The first kappa shape index (κ1) is 14.0. The van der Waals surface area contributed by atoms with E-state index in [4.69, 9.17) is 11.6 Å². The summed E-state index contributed by atoms with van der Waals surface area (Å²) < 4.78 is 0. The van der Waals surface area contributed by atoms with Gasteiger partial charge in [0, 0.05) is 28.9 Å². The van der Waals surface area contributed by atoms with Gasteiger partial charge in [-0.2, -0.15) is 0 Å². The molecule has 0 fully saturated rings. The van der Waals surface area contributed by atoms with Crippen LogP contribution < -0.4 is 0 Å². The quantitative estimate of drug-likeness (QED) is 0.527. The van der Waals surface area contributed by atoms with Gasteiger partial charge in [0.15, 0.2) is 0 Å². The summed E-state index contributed by atoms with van der Waals surface area (Å²) in [5.74, 6) is -0.0703. The van der Waals surface area contributed by atoms with Gasteiger partial charge in [-0.05, 0) is 30.7 Å². The number of nitrogens with zero attached hydrogens (tertiary/aromatic N) is 2. The fourth-order valence-corrected chi connectivity index (χ4v) is 1.79. The van der Waals surface area contributed by atoms with E-state index in [0.717, 1.165) is 5.56 Å². The fraction of sp³-hybridized carbons (Fsp3) is 0.0714. The Morgan fingerprint density at radius 2 is 2.05 bits per heavy atom. The summed E-state index contributed by atoms with van der Waals surface area (Å²) in [6.45, 7) is 1.87. The molecule has 0 spiro atoms. The molecule has 2 rings (SSSR count). The smallest absolute Gasteiger partial charge is 0.270 e. The van der Waals surface area contributed by atoms with E-state index < -0.39 is 4.92 Å². The zero-order valence-corrected chi connectivity index (χ0v) is 11.3. The van der Waals surface area contributed by atoms with E-state index >= 15 is 0 Å². The van der Waals surface area contributed by atoms with Crippen molar-refractivity contribution in [2.45, 2.75) is 6.92 Å². The highest BCUT2D eigenvalue weighted by atomic mass is 35.5. The predicted molar refractivity (Wildman–Crippen MR) is 78.2 cm³/mol. The summed E-state index contributed by atoms with van der Waals surface area (Å²) in [6.07, 6.45) is 1.38. The van der Waals surface area contributed by atoms with Gasteiger partial charge >= 0.3 is 0 Å². The maximum atomic E-state index is 10.7. The molecular weight excluding hydrogens is 280 g/mol. The second-order valence-electron chi connectivity index (χ2n) is 4.19. The molecular formula is C14H11ClN2O3. The van der Waals surface area contributed by atoms with Crippen LogP contribution in [-0.4, -0.2) is 16.2 Å². The number of nitro groups is 1. The average molecular weight is 291 g/mol. The van der Waals surface area contributed by atoms with E-state index in [-0.39, 0.29) is 17.0 Å². The molecule has 0 radical (unpaired) electrons. The zero-order chi connectivity index (χ0) is 14.7. The maximum absolute atomic E-state index is 10.7. The number of aryl methyl sites for hydroxylation is 1. The monoisotopic (exact) mass is 290 g/mol. The predicted octanol–water partition coefficient (Wildman–Crippen LogP) is 4.01. The van der Waals surface area contributed by atoms with Crippen LogP contribution in [0.3, 0.4) is 0 Å². The number of benzene rings is 2. The van der Waals surface area contributed by atoms with Crippen LogP contribution in [0.2, 0.25) is 5.02 Å². The van der Waals surface area contributed by atoms with Crippen molar-refractivity contribution in [2.24, 2.45) is 4.99 Å². The van der Waals surface area contributed by atoms with Gasteiger partial charge in [-0.25, -0.2) is 0 Å². The molecule has 0 aliphatic rings. The summed E-state index contributed by atoms with van der Waals surface area (Å²) in [5.41, 5.74) is 1.73. The van der Waals surface area contributed by atoms with Crippen molar-refractivity contribution < 1.29 is 10.0 Å². The molecule has 0 amide bonds. The Bertz CT molecular complexity index is 699. The first-order valence-electron chi connectivity index (χ1n) is 5.75. The number of hydrogen-bond acceptors (Lipinski definition) is 4. The summed E-state index contributed by atoms with van der Waals surface area (Å²) in [5, 5.41) is 20.9. The summed E-state index contributed by atoms with van der Waals surface area (Å²) >= 11 is 5.88. The fourth-order valence-electron chi connectivity index (χ4n) is 1.62. The number of non-ortho nitro benzene ring substituents is 1. The van der Waals surface area contributed by atoms with Crippen LogP contribution in [0.1, 0.15) is 11.1 Å². The van der Waals surface area contributed by atoms with Crippen molar-refractivity contribution in [2.75, 3.05) is 0 Å². The van der Waals surface area contributed by atoms with Crippen molar-refractivity contribution in [3.05, 3.63) is 62.7 Å². The van der Waals surface area contributed by atoms with E-state index in [1.165, 1.54) is 24.4 Å².